The number of methoxy groups -OCH3 is 1. The Morgan fingerprint density at radius 1 is 1.44 bits per heavy atom. The van der Waals surface area contributed by atoms with Gasteiger partial charge >= 0.3 is 0 Å². The van der Waals surface area contributed by atoms with Crippen LogP contribution in [0.1, 0.15) is 17.4 Å². The molecule has 0 radical (unpaired) electrons. The van der Waals surface area contributed by atoms with Crippen molar-refractivity contribution in [1.82, 2.24) is 19.7 Å². The summed E-state index contributed by atoms with van der Waals surface area (Å²) in [6.45, 7) is 0. The molecule has 0 fully saturated rings. The van der Waals surface area contributed by atoms with Gasteiger partial charge in [-0.25, -0.2) is 9.97 Å². The molecule has 2 rings (SSSR count). The molecule has 6 heteroatoms. The van der Waals surface area contributed by atoms with E-state index in [1.54, 1.807) is 24.1 Å². The molecule has 0 bridgehead atoms. The standard InChI is InChI=1S/C10H13N5O/c1-15-8(3-4-14-15)10(11)7-5-9(16-2)13-6-12-7/h3-6,10H,11H2,1-2H3. The van der Waals surface area contributed by atoms with Crippen LogP contribution in [0.2, 0.25) is 0 Å². The Hall–Kier alpha value is -1.95. The van der Waals surface area contributed by atoms with Gasteiger partial charge in [-0.2, -0.15) is 5.10 Å². The summed E-state index contributed by atoms with van der Waals surface area (Å²) in [6.07, 6.45) is 3.14. The second-order valence-corrected chi connectivity index (χ2v) is 3.34. The van der Waals surface area contributed by atoms with Crippen LogP contribution in [0.3, 0.4) is 0 Å². The summed E-state index contributed by atoms with van der Waals surface area (Å²) >= 11 is 0. The first-order valence-electron chi connectivity index (χ1n) is 4.82. The molecular weight excluding hydrogens is 206 g/mol. The third kappa shape index (κ3) is 1.87. The van der Waals surface area contributed by atoms with Crippen LogP contribution in [0.4, 0.5) is 0 Å². The zero-order valence-corrected chi connectivity index (χ0v) is 9.16. The van der Waals surface area contributed by atoms with Crippen molar-refractivity contribution in [3.63, 3.8) is 0 Å². The Bertz CT molecular complexity index is 482. The average Bonchev–Trinajstić information content (AvgIpc) is 2.74. The molecule has 0 aliphatic heterocycles. The molecule has 0 spiro atoms. The van der Waals surface area contributed by atoms with Crippen LogP contribution in [-0.2, 0) is 7.05 Å². The maximum absolute atomic E-state index is 6.08. The minimum atomic E-state index is -0.329. The first-order chi connectivity index (χ1) is 7.72. The Morgan fingerprint density at radius 2 is 2.25 bits per heavy atom. The SMILES string of the molecule is COc1cc(C(N)c2ccnn2C)ncn1. The number of nitrogens with zero attached hydrogens (tertiary/aromatic N) is 4. The third-order valence-corrected chi connectivity index (χ3v) is 2.37. The van der Waals surface area contributed by atoms with Crippen molar-refractivity contribution >= 4 is 0 Å². The van der Waals surface area contributed by atoms with Gasteiger partial charge in [0.05, 0.1) is 24.5 Å². The van der Waals surface area contributed by atoms with Crippen LogP contribution in [0, 0.1) is 0 Å². The van der Waals surface area contributed by atoms with E-state index in [-0.39, 0.29) is 6.04 Å². The zero-order valence-electron chi connectivity index (χ0n) is 9.16. The monoisotopic (exact) mass is 219 g/mol. The first-order valence-corrected chi connectivity index (χ1v) is 4.82. The van der Waals surface area contributed by atoms with Gasteiger partial charge in [-0.05, 0) is 6.07 Å². The molecule has 16 heavy (non-hydrogen) atoms. The van der Waals surface area contributed by atoms with Gasteiger partial charge < -0.3 is 10.5 Å². The lowest BCUT2D eigenvalue weighted by Gasteiger charge is -2.11. The van der Waals surface area contributed by atoms with Crippen LogP contribution in [0.15, 0.2) is 24.7 Å². The second-order valence-electron chi connectivity index (χ2n) is 3.34. The largest absolute Gasteiger partial charge is 0.481 e. The summed E-state index contributed by atoms with van der Waals surface area (Å²) in [6, 6.07) is 3.25. The number of nitrogens with two attached hydrogens (primary N) is 1. The molecular formula is C10H13N5O. The highest BCUT2D eigenvalue weighted by Crippen LogP contribution is 2.18. The lowest BCUT2D eigenvalue weighted by atomic mass is 10.1. The molecule has 2 heterocycles. The summed E-state index contributed by atoms with van der Waals surface area (Å²) in [5.41, 5.74) is 7.67. The fourth-order valence-electron chi connectivity index (χ4n) is 1.48. The van der Waals surface area contributed by atoms with Crippen molar-refractivity contribution < 1.29 is 4.74 Å². The molecule has 2 aromatic rings. The first kappa shape index (κ1) is 10.6. The van der Waals surface area contributed by atoms with Crippen molar-refractivity contribution in [3.05, 3.63) is 36.0 Å². The number of rotatable bonds is 3. The number of aryl methyl sites for hydroxylation is 1. The number of hydrogen-bond acceptors (Lipinski definition) is 5. The average molecular weight is 219 g/mol. The summed E-state index contributed by atoms with van der Waals surface area (Å²) in [5.74, 6) is 0.502. The van der Waals surface area contributed by atoms with E-state index in [2.05, 4.69) is 15.1 Å². The number of ether oxygens (including phenoxy) is 1. The second kappa shape index (κ2) is 4.28. The van der Waals surface area contributed by atoms with Crippen LogP contribution >= 0.6 is 0 Å². The Balaban J connectivity index is 2.33. The van der Waals surface area contributed by atoms with Gasteiger partial charge in [0.2, 0.25) is 5.88 Å². The summed E-state index contributed by atoms with van der Waals surface area (Å²) in [4.78, 5) is 8.06. The lowest BCUT2D eigenvalue weighted by Crippen LogP contribution is -2.17. The van der Waals surface area contributed by atoms with Gasteiger partial charge in [0, 0.05) is 19.3 Å². The fourth-order valence-corrected chi connectivity index (χ4v) is 1.48. The van der Waals surface area contributed by atoms with Gasteiger partial charge in [-0.3, -0.25) is 4.68 Å². The fraction of sp³-hybridized carbons (Fsp3) is 0.300. The topological polar surface area (TPSA) is 78.9 Å². The molecule has 2 aromatic heterocycles. The van der Waals surface area contributed by atoms with E-state index >= 15 is 0 Å². The van der Waals surface area contributed by atoms with Crippen molar-refractivity contribution in [2.75, 3.05) is 7.11 Å². The molecule has 84 valence electrons. The van der Waals surface area contributed by atoms with E-state index in [0.29, 0.717) is 11.6 Å². The molecule has 6 nitrogen and oxygen atoms in total. The molecule has 0 aliphatic rings. The predicted molar refractivity (Wildman–Crippen MR) is 57.8 cm³/mol. The molecule has 0 saturated carbocycles. The Labute approximate surface area is 93.1 Å². The van der Waals surface area contributed by atoms with Crippen molar-refractivity contribution in [2.45, 2.75) is 6.04 Å². The molecule has 0 aromatic carbocycles. The zero-order chi connectivity index (χ0) is 11.5. The van der Waals surface area contributed by atoms with Crippen molar-refractivity contribution in [2.24, 2.45) is 12.8 Å². The quantitative estimate of drug-likeness (QED) is 0.801. The van der Waals surface area contributed by atoms with E-state index in [9.17, 15) is 0 Å². The van der Waals surface area contributed by atoms with Gasteiger partial charge in [-0.1, -0.05) is 0 Å². The maximum atomic E-state index is 6.08. The molecule has 2 N–H and O–H groups in total. The van der Waals surface area contributed by atoms with Crippen LogP contribution in [-0.4, -0.2) is 26.9 Å². The Morgan fingerprint density at radius 3 is 2.88 bits per heavy atom. The molecule has 0 amide bonds. The normalized spacial score (nSPS) is 12.4. The van der Waals surface area contributed by atoms with E-state index in [4.69, 9.17) is 10.5 Å². The van der Waals surface area contributed by atoms with Gasteiger partial charge in [-0.15, -0.1) is 0 Å². The predicted octanol–water partition coefficient (Wildman–Crippen LogP) is 0.267. The third-order valence-electron chi connectivity index (χ3n) is 2.37. The molecule has 1 atom stereocenters. The highest BCUT2D eigenvalue weighted by Gasteiger charge is 2.14. The number of aromatic nitrogens is 4. The van der Waals surface area contributed by atoms with Crippen molar-refractivity contribution in [3.8, 4) is 5.88 Å². The molecule has 1 unspecified atom stereocenters. The van der Waals surface area contributed by atoms with E-state index in [1.165, 1.54) is 6.33 Å². The highest BCUT2D eigenvalue weighted by atomic mass is 16.5. The van der Waals surface area contributed by atoms with Crippen LogP contribution < -0.4 is 10.5 Å². The Kier molecular flexibility index (Phi) is 2.82. The minimum Gasteiger partial charge on any atom is -0.481 e. The van der Waals surface area contributed by atoms with Gasteiger partial charge in [0.1, 0.15) is 6.33 Å². The summed E-state index contributed by atoms with van der Waals surface area (Å²) in [5, 5.41) is 4.07. The number of hydrogen-bond donors (Lipinski definition) is 1. The van der Waals surface area contributed by atoms with Crippen LogP contribution in [0.5, 0.6) is 5.88 Å². The van der Waals surface area contributed by atoms with Crippen LogP contribution in [0.25, 0.3) is 0 Å². The highest BCUT2D eigenvalue weighted by molar-refractivity contribution is 5.23. The lowest BCUT2D eigenvalue weighted by molar-refractivity contribution is 0.395. The summed E-state index contributed by atoms with van der Waals surface area (Å²) in [7, 11) is 3.40. The van der Waals surface area contributed by atoms with Gasteiger partial charge in [0.25, 0.3) is 0 Å². The minimum absolute atomic E-state index is 0.329. The molecule has 0 saturated heterocycles. The molecule has 0 aliphatic carbocycles. The van der Waals surface area contributed by atoms with Crippen molar-refractivity contribution in [1.29, 1.82) is 0 Å². The van der Waals surface area contributed by atoms with Gasteiger partial charge in [0.15, 0.2) is 0 Å². The van der Waals surface area contributed by atoms with E-state index < -0.39 is 0 Å². The van der Waals surface area contributed by atoms with E-state index in [0.717, 1.165) is 5.69 Å². The van der Waals surface area contributed by atoms with E-state index in [1.807, 2.05) is 13.1 Å². The summed E-state index contributed by atoms with van der Waals surface area (Å²) < 4.78 is 6.74. The maximum Gasteiger partial charge on any atom is 0.216 e. The smallest absolute Gasteiger partial charge is 0.216 e.